The van der Waals surface area contributed by atoms with Crippen molar-refractivity contribution in [1.29, 1.82) is 0 Å². The second kappa shape index (κ2) is 46.6. The first-order chi connectivity index (χ1) is 33.2. The van der Waals surface area contributed by atoms with Gasteiger partial charge in [0.1, 0.15) is 36.6 Å². The summed E-state index contributed by atoms with van der Waals surface area (Å²) in [5.41, 5.74) is 0. The van der Waals surface area contributed by atoms with E-state index in [2.05, 4.69) is 43.5 Å². The average Bonchev–Trinajstić information content (AvgIpc) is 3.34. The normalized spacial score (nSPS) is 20.6. The zero-order chi connectivity index (χ0) is 49.7. The summed E-state index contributed by atoms with van der Waals surface area (Å²) >= 11 is 0. The summed E-state index contributed by atoms with van der Waals surface area (Å²) in [4.78, 5) is 13.1. The highest BCUT2D eigenvalue weighted by molar-refractivity contribution is 5.80. The molecule has 1 aliphatic rings. The zero-order valence-electron chi connectivity index (χ0n) is 43.9. The molecule has 0 bridgehead atoms. The SMILES string of the molecule is CCCCCC/C=C/CC/C=C/CCCC(O)C(O)C(COC1OC(CO)C(O)C(O)C1O)NC(=O)C(O)CCCCCCCCCCCCCCCCCCCCCCCCCCCCCC. The van der Waals surface area contributed by atoms with Crippen molar-refractivity contribution in [2.75, 3.05) is 13.2 Å². The Bertz CT molecular complexity index is 1160. The highest BCUT2D eigenvalue weighted by Gasteiger charge is 2.44. The number of unbranched alkanes of at least 4 members (excludes halogenated alkanes) is 33. The smallest absolute Gasteiger partial charge is 0.249 e. The highest BCUT2D eigenvalue weighted by Crippen LogP contribution is 2.23. The minimum absolute atomic E-state index is 0.248. The van der Waals surface area contributed by atoms with Crippen LogP contribution in [-0.4, -0.2) is 110 Å². The number of carbonyl (C=O) groups excluding carboxylic acids is 1. The molecule has 0 radical (unpaired) electrons. The monoisotopic (exact) mass is 968 g/mol. The molecule has 68 heavy (non-hydrogen) atoms. The number of aliphatic hydroxyl groups excluding tert-OH is 7. The molecular weight excluding hydrogens is 859 g/mol. The Morgan fingerprint density at radius 1 is 0.500 bits per heavy atom. The van der Waals surface area contributed by atoms with Crippen molar-refractivity contribution in [3.8, 4) is 0 Å². The minimum atomic E-state index is -1.67. The standard InChI is InChI=1S/C57H109NO10/c1-3-5-7-9-11-13-15-17-18-19-20-21-22-23-24-25-26-27-28-29-30-31-33-35-37-39-41-43-45-50(61)56(66)58-48(47-67-57-55(65)54(64)53(63)51(46-59)68-57)52(62)49(60)44-42-40-38-36-34-32-16-14-12-10-8-6-4-2/h14,16,36,38,48-55,57,59-65H,3-13,15,17-35,37,39-47H2,1-2H3,(H,58,66)/b16-14+,38-36+. The van der Waals surface area contributed by atoms with E-state index in [4.69, 9.17) is 9.47 Å². The summed E-state index contributed by atoms with van der Waals surface area (Å²) in [7, 11) is 0. The van der Waals surface area contributed by atoms with Gasteiger partial charge in [0.05, 0.1) is 25.4 Å². The van der Waals surface area contributed by atoms with Crippen LogP contribution < -0.4 is 5.32 Å². The topological polar surface area (TPSA) is 189 Å². The van der Waals surface area contributed by atoms with Crippen LogP contribution in [0.5, 0.6) is 0 Å². The van der Waals surface area contributed by atoms with Gasteiger partial charge in [0.15, 0.2) is 6.29 Å². The molecule has 0 saturated carbocycles. The maximum Gasteiger partial charge on any atom is 0.249 e. The Morgan fingerprint density at radius 3 is 1.31 bits per heavy atom. The number of aliphatic hydroxyl groups is 7. The summed E-state index contributed by atoms with van der Waals surface area (Å²) in [5, 5.41) is 75.9. The number of amides is 1. The number of rotatable bonds is 49. The van der Waals surface area contributed by atoms with Gasteiger partial charge in [-0.25, -0.2) is 0 Å². The van der Waals surface area contributed by atoms with E-state index < -0.39 is 74.2 Å². The molecule has 1 rings (SSSR count). The molecule has 8 N–H and O–H groups in total. The van der Waals surface area contributed by atoms with Crippen molar-refractivity contribution in [1.82, 2.24) is 5.32 Å². The number of nitrogens with one attached hydrogen (secondary N) is 1. The van der Waals surface area contributed by atoms with Gasteiger partial charge in [0.25, 0.3) is 0 Å². The largest absolute Gasteiger partial charge is 0.394 e. The summed E-state index contributed by atoms with van der Waals surface area (Å²) in [6.07, 6.45) is 44.0. The molecule has 11 heteroatoms. The first-order valence-corrected chi connectivity index (χ1v) is 28.7. The minimum Gasteiger partial charge on any atom is -0.394 e. The van der Waals surface area contributed by atoms with E-state index >= 15 is 0 Å². The maximum absolute atomic E-state index is 13.1. The Labute approximate surface area is 416 Å². The van der Waals surface area contributed by atoms with E-state index in [0.29, 0.717) is 19.3 Å². The lowest BCUT2D eigenvalue weighted by Crippen LogP contribution is -2.60. The molecule has 402 valence electrons. The maximum atomic E-state index is 13.1. The molecule has 9 atom stereocenters. The van der Waals surface area contributed by atoms with Crippen LogP contribution in [0.1, 0.15) is 264 Å². The van der Waals surface area contributed by atoms with E-state index in [0.717, 1.165) is 38.5 Å². The fourth-order valence-corrected chi connectivity index (χ4v) is 9.28. The highest BCUT2D eigenvalue weighted by atomic mass is 16.7. The molecule has 0 aromatic rings. The van der Waals surface area contributed by atoms with Crippen LogP contribution in [0, 0.1) is 0 Å². The van der Waals surface area contributed by atoms with Gasteiger partial charge in [0, 0.05) is 0 Å². The van der Waals surface area contributed by atoms with Gasteiger partial charge < -0.3 is 50.5 Å². The first-order valence-electron chi connectivity index (χ1n) is 28.7. The number of allylic oxidation sites excluding steroid dienone is 4. The van der Waals surface area contributed by atoms with Crippen LogP contribution in [0.15, 0.2) is 24.3 Å². The third-order valence-electron chi connectivity index (χ3n) is 14.0. The van der Waals surface area contributed by atoms with Gasteiger partial charge in [-0.15, -0.1) is 0 Å². The van der Waals surface area contributed by atoms with Crippen molar-refractivity contribution >= 4 is 5.91 Å². The van der Waals surface area contributed by atoms with Crippen molar-refractivity contribution in [2.24, 2.45) is 0 Å². The van der Waals surface area contributed by atoms with Gasteiger partial charge in [-0.1, -0.05) is 237 Å². The molecule has 0 aromatic heterocycles. The quantitative estimate of drug-likeness (QED) is 0.0215. The summed E-state index contributed by atoms with van der Waals surface area (Å²) < 4.78 is 11.1. The van der Waals surface area contributed by atoms with E-state index in [1.165, 1.54) is 180 Å². The third kappa shape index (κ3) is 34.8. The van der Waals surface area contributed by atoms with Crippen LogP contribution in [0.4, 0.5) is 0 Å². The number of carbonyl (C=O) groups is 1. The molecule has 0 aliphatic carbocycles. The molecule has 11 nitrogen and oxygen atoms in total. The van der Waals surface area contributed by atoms with Gasteiger partial charge in [-0.3, -0.25) is 4.79 Å². The fourth-order valence-electron chi connectivity index (χ4n) is 9.28. The summed E-state index contributed by atoms with van der Waals surface area (Å²) in [6, 6.07) is -1.19. The Balaban J connectivity index is 2.24. The zero-order valence-corrected chi connectivity index (χ0v) is 43.9. The number of hydrogen-bond acceptors (Lipinski definition) is 10. The van der Waals surface area contributed by atoms with Crippen LogP contribution in [0.25, 0.3) is 0 Å². The van der Waals surface area contributed by atoms with Crippen molar-refractivity contribution in [3.63, 3.8) is 0 Å². The van der Waals surface area contributed by atoms with E-state index in [-0.39, 0.29) is 12.8 Å². The van der Waals surface area contributed by atoms with Crippen LogP contribution in [-0.2, 0) is 14.3 Å². The predicted molar refractivity (Wildman–Crippen MR) is 279 cm³/mol. The Kier molecular flexibility index (Phi) is 44.3. The molecule has 1 saturated heterocycles. The summed E-state index contributed by atoms with van der Waals surface area (Å²) in [5.74, 6) is -0.707. The second-order valence-electron chi connectivity index (χ2n) is 20.4. The Morgan fingerprint density at radius 2 is 0.882 bits per heavy atom. The van der Waals surface area contributed by atoms with E-state index in [1.807, 2.05) is 0 Å². The van der Waals surface area contributed by atoms with Gasteiger partial charge in [0.2, 0.25) is 5.91 Å². The number of ether oxygens (including phenoxy) is 2. The molecule has 1 aliphatic heterocycles. The fraction of sp³-hybridized carbons (Fsp3) is 0.912. The first kappa shape index (κ1) is 64.6. The molecule has 9 unspecified atom stereocenters. The van der Waals surface area contributed by atoms with E-state index in [9.17, 15) is 40.5 Å². The molecular formula is C57H109NO10. The van der Waals surface area contributed by atoms with Crippen molar-refractivity contribution < 1.29 is 50.0 Å². The van der Waals surface area contributed by atoms with Crippen LogP contribution in [0.3, 0.4) is 0 Å². The second-order valence-corrected chi connectivity index (χ2v) is 20.4. The number of hydrogen-bond donors (Lipinski definition) is 8. The lowest BCUT2D eigenvalue weighted by molar-refractivity contribution is -0.303. The van der Waals surface area contributed by atoms with Gasteiger partial charge in [-0.05, 0) is 51.4 Å². The predicted octanol–water partition coefficient (Wildman–Crippen LogP) is 11.7. The van der Waals surface area contributed by atoms with Crippen molar-refractivity contribution in [2.45, 2.75) is 319 Å². The lowest BCUT2D eigenvalue weighted by atomic mass is 9.98. The van der Waals surface area contributed by atoms with Gasteiger partial charge >= 0.3 is 0 Å². The third-order valence-corrected chi connectivity index (χ3v) is 14.0. The molecule has 0 spiro atoms. The van der Waals surface area contributed by atoms with Crippen LogP contribution in [0.2, 0.25) is 0 Å². The van der Waals surface area contributed by atoms with E-state index in [1.54, 1.807) is 0 Å². The summed E-state index contributed by atoms with van der Waals surface area (Å²) in [6.45, 7) is 3.43. The lowest BCUT2D eigenvalue weighted by Gasteiger charge is -2.40. The van der Waals surface area contributed by atoms with Gasteiger partial charge in [-0.2, -0.15) is 0 Å². The molecule has 1 amide bonds. The van der Waals surface area contributed by atoms with Crippen molar-refractivity contribution in [3.05, 3.63) is 24.3 Å². The molecule has 0 aromatic carbocycles. The average molecular weight is 968 g/mol. The molecule has 1 fully saturated rings. The van der Waals surface area contributed by atoms with Crippen LogP contribution >= 0.6 is 0 Å². The molecule has 1 heterocycles. The Hall–Kier alpha value is -1.41.